The van der Waals surface area contributed by atoms with E-state index in [1.54, 1.807) is 6.20 Å². The van der Waals surface area contributed by atoms with Crippen LogP contribution >= 0.6 is 11.6 Å². The molecule has 1 aliphatic heterocycles. The minimum absolute atomic E-state index is 0.0604. The number of fused-ring (bicyclic) bond motifs is 3. The number of aryl methyl sites for hydroxylation is 1. The molecule has 1 fully saturated rings. The molecule has 3 N–H and O–H groups in total. The monoisotopic (exact) mass is 392 g/mol. The van der Waals surface area contributed by atoms with Gasteiger partial charge in [0.25, 0.3) is 0 Å². The smallest absolute Gasteiger partial charge is 0.223 e. The van der Waals surface area contributed by atoms with Crippen molar-refractivity contribution in [2.24, 2.45) is 28.5 Å². The number of aromatic nitrogens is 1. The molecule has 0 saturated heterocycles. The zero-order valence-electron chi connectivity index (χ0n) is 15.5. The van der Waals surface area contributed by atoms with E-state index in [1.807, 2.05) is 6.07 Å². The third-order valence-electron chi connectivity index (χ3n) is 6.11. The maximum Gasteiger partial charge on any atom is 0.223 e. The number of nitrogens with two attached hydrogens (primary N) is 1. The number of hydrogen-bond acceptors (Lipinski definition) is 4. The van der Waals surface area contributed by atoms with Crippen molar-refractivity contribution in [1.29, 1.82) is 0 Å². The lowest BCUT2D eigenvalue weighted by Gasteiger charge is -2.28. The van der Waals surface area contributed by atoms with Gasteiger partial charge in [-0.15, -0.1) is 0 Å². The molecule has 0 spiro atoms. The van der Waals surface area contributed by atoms with Gasteiger partial charge in [0.1, 0.15) is 5.69 Å². The SMILES string of the molecule is Cc1cccc(C2=Nc3c(ncc(Cl)c3N[C@H]3[C@@H](C(N)=O)[C@@H]4C=C[C@H]3C4)C2)c1. The van der Waals surface area contributed by atoms with Crippen LogP contribution in [0.25, 0.3) is 0 Å². The van der Waals surface area contributed by atoms with Crippen molar-refractivity contribution in [3.8, 4) is 0 Å². The van der Waals surface area contributed by atoms with E-state index in [9.17, 15) is 4.79 Å². The Labute approximate surface area is 168 Å². The number of nitrogens with zero attached hydrogens (tertiary/aromatic N) is 2. The third kappa shape index (κ3) is 2.73. The summed E-state index contributed by atoms with van der Waals surface area (Å²) in [6.07, 6.45) is 7.58. The molecule has 3 aliphatic rings. The maximum absolute atomic E-state index is 12.1. The van der Waals surface area contributed by atoms with Gasteiger partial charge in [0, 0.05) is 18.7 Å². The molecular formula is C22H21ClN4O. The molecule has 2 bridgehead atoms. The molecule has 2 aliphatic carbocycles. The van der Waals surface area contributed by atoms with E-state index in [-0.39, 0.29) is 29.7 Å². The Morgan fingerprint density at radius 3 is 2.89 bits per heavy atom. The van der Waals surface area contributed by atoms with E-state index >= 15 is 0 Å². The number of aliphatic imine (C=N–C) groups is 1. The van der Waals surface area contributed by atoms with Crippen molar-refractivity contribution in [2.75, 3.05) is 5.32 Å². The van der Waals surface area contributed by atoms with Crippen molar-refractivity contribution in [2.45, 2.75) is 25.8 Å². The molecule has 2 heterocycles. The number of anilines is 1. The second-order valence-corrected chi connectivity index (χ2v) is 8.33. The number of rotatable bonds is 4. The van der Waals surface area contributed by atoms with E-state index in [4.69, 9.17) is 22.3 Å². The fraction of sp³-hybridized carbons (Fsp3) is 0.318. The molecule has 6 heteroatoms. The molecule has 0 unspecified atom stereocenters. The molecule has 1 amide bonds. The Morgan fingerprint density at radius 2 is 2.11 bits per heavy atom. The molecule has 28 heavy (non-hydrogen) atoms. The van der Waals surface area contributed by atoms with E-state index in [2.05, 4.69) is 47.6 Å². The standard InChI is InChI=1S/C22H21ClN4O/c1-11-3-2-4-12(7-11)16-9-17-21(26-16)20(15(23)10-25-17)27-19-14-6-5-13(8-14)18(19)22(24)28/h2-7,10,13-14,18-19H,8-9H2,1H3,(H2,24,28)(H,25,27)/t13-,14+,18+,19-/m1/s1. The lowest BCUT2D eigenvalue weighted by atomic mass is 9.88. The molecule has 2 aromatic rings. The van der Waals surface area contributed by atoms with Gasteiger partial charge in [-0.05, 0) is 30.7 Å². The largest absolute Gasteiger partial charge is 0.378 e. The number of carbonyl (C=O) groups is 1. The van der Waals surface area contributed by atoms with Gasteiger partial charge in [0.2, 0.25) is 5.91 Å². The summed E-state index contributed by atoms with van der Waals surface area (Å²) in [7, 11) is 0. The maximum atomic E-state index is 12.1. The zero-order valence-corrected chi connectivity index (χ0v) is 16.3. The summed E-state index contributed by atoms with van der Waals surface area (Å²) in [5.41, 5.74) is 11.4. The molecular weight excluding hydrogens is 372 g/mol. The van der Waals surface area contributed by atoms with Crippen molar-refractivity contribution in [3.63, 3.8) is 0 Å². The van der Waals surface area contributed by atoms with Gasteiger partial charge in [0.05, 0.1) is 28.0 Å². The van der Waals surface area contributed by atoms with Crippen LogP contribution in [0.5, 0.6) is 0 Å². The number of nitrogens with one attached hydrogen (secondary N) is 1. The summed E-state index contributed by atoms with van der Waals surface area (Å²) in [6.45, 7) is 2.07. The Morgan fingerprint density at radius 1 is 1.29 bits per heavy atom. The molecule has 1 saturated carbocycles. The Hall–Kier alpha value is -2.66. The van der Waals surface area contributed by atoms with Gasteiger partial charge in [-0.2, -0.15) is 0 Å². The summed E-state index contributed by atoms with van der Waals surface area (Å²) < 4.78 is 0. The highest BCUT2D eigenvalue weighted by atomic mass is 35.5. The summed E-state index contributed by atoms with van der Waals surface area (Å²) in [5, 5.41) is 4.04. The zero-order chi connectivity index (χ0) is 19.4. The molecule has 1 aromatic heterocycles. The van der Waals surface area contributed by atoms with Crippen LogP contribution in [0, 0.1) is 24.7 Å². The molecule has 142 valence electrons. The fourth-order valence-electron chi connectivity index (χ4n) is 4.80. The topological polar surface area (TPSA) is 80.4 Å². The number of amides is 1. The van der Waals surface area contributed by atoms with E-state index in [1.165, 1.54) is 5.56 Å². The van der Waals surface area contributed by atoms with Gasteiger partial charge >= 0.3 is 0 Å². The minimum atomic E-state index is -0.264. The number of primary amides is 1. The summed E-state index contributed by atoms with van der Waals surface area (Å²) in [4.78, 5) is 21.4. The average molecular weight is 393 g/mol. The van der Waals surface area contributed by atoms with Gasteiger partial charge in [-0.3, -0.25) is 9.78 Å². The molecule has 5 nitrogen and oxygen atoms in total. The van der Waals surface area contributed by atoms with Gasteiger partial charge in [-0.1, -0.05) is 53.6 Å². The quantitative estimate of drug-likeness (QED) is 0.776. The summed E-state index contributed by atoms with van der Waals surface area (Å²) in [5.74, 6) is 0.000610. The average Bonchev–Trinajstić information content (AvgIpc) is 3.38. The van der Waals surface area contributed by atoms with Crippen molar-refractivity contribution in [3.05, 3.63) is 64.5 Å². The Bertz CT molecular complexity index is 1040. The first kappa shape index (κ1) is 17.4. The molecule has 0 radical (unpaired) electrons. The molecule has 4 atom stereocenters. The number of benzene rings is 1. The lowest BCUT2D eigenvalue weighted by Crippen LogP contribution is -2.41. The number of allylic oxidation sites excluding steroid dienone is 1. The highest BCUT2D eigenvalue weighted by Gasteiger charge is 2.47. The summed E-state index contributed by atoms with van der Waals surface area (Å²) >= 11 is 6.51. The van der Waals surface area contributed by atoms with Crippen LogP contribution in [0.2, 0.25) is 5.02 Å². The van der Waals surface area contributed by atoms with Crippen LogP contribution in [0.15, 0.2) is 47.6 Å². The van der Waals surface area contributed by atoms with Crippen molar-refractivity contribution < 1.29 is 4.79 Å². The highest BCUT2D eigenvalue weighted by Crippen LogP contribution is 2.47. The van der Waals surface area contributed by atoms with Crippen molar-refractivity contribution >= 4 is 34.6 Å². The number of hydrogen-bond donors (Lipinski definition) is 2. The Balaban J connectivity index is 1.52. The first-order valence-corrected chi connectivity index (χ1v) is 9.95. The molecule has 1 aromatic carbocycles. The number of halogens is 1. The first-order chi connectivity index (χ1) is 13.5. The van der Waals surface area contributed by atoms with Crippen LogP contribution < -0.4 is 11.1 Å². The fourth-order valence-corrected chi connectivity index (χ4v) is 5.00. The third-order valence-corrected chi connectivity index (χ3v) is 6.40. The van der Waals surface area contributed by atoms with Crippen LogP contribution in [-0.2, 0) is 11.2 Å². The Kier molecular flexibility index (Phi) is 4.02. The van der Waals surface area contributed by atoms with Crippen LogP contribution in [0.3, 0.4) is 0 Å². The van der Waals surface area contributed by atoms with Crippen LogP contribution in [-0.4, -0.2) is 22.6 Å². The molecule has 5 rings (SSSR count). The normalized spacial score (nSPS) is 27.0. The first-order valence-electron chi connectivity index (χ1n) is 9.57. The summed E-state index contributed by atoms with van der Waals surface area (Å²) in [6, 6.07) is 8.24. The van der Waals surface area contributed by atoms with Crippen molar-refractivity contribution in [1.82, 2.24) is 4.98 Å². The van der Waals surface area contributed by atoms with Crippen LogP contribution in [0.1, 0.15) is 23.2 Å². The lowest BCUT2D eigenvalue weighted by molar-refractivity contribution is -0.122. The predicted octanol–water partition coefficient (Wildman–Crippen LogP) is 3.81. The van der Waals surface area contributed by atoms with Gasteiger partial charge < -0.3 is 11.1 Å². The second-order valence-electron chi connectivity index (χ2n) is 7.93. The van der Waals surface area contributed by atoms with E-state index in [0.29, 0.717) is 11.4 Å². The van der Waals surface area contributed by atoms with E-state index in [0.717, 1.165) is 34.8 Å². The highest BCUT2D eigenvalue weighted by molar-refractivity contribution is 6.34. The van der Waals surface area contributed by atoms with Gasteiger partial charge in [-0.25, -0.2) is 4.99 Å². The number of carbonyl (C=O) groups excluding carboxylic acids is 1. The second kappa shape index (κ2) is 6.45. The van der Waals surface area contributed by atoms with Gasteiger partial charge in [0.15, 0.2) is 0 Å². The van der Waals surface area contributed by atoms with E-state index < -0.39 is 0 Å². The minimum Gasteiger partial charge on any atom is -0.378 e. The number of pyridine rings is 1. The predicted molar refractivity (Wildman–Crippen MR) is 111 cm³/mol. The van der Waals surface area contributed by atoms with Crippen LogP contribution in [0.4, 0.5) is 11.4 Å².